The number of thiazole rings is 1. The van der Waals surface area contributed by atoms with Crippen LogP contribution in [-0.4, -0.2) is 11.2 Å². The smallest absolute Gasteiger partial charge is 0.271 e. The molecular weight excluding hydrogens is 473 g/mol. The third-order valence-electron chi connectivity index (χ3n) is 3.96. The van der Waals surface area contributed by atoms with Gasteiger partial charge in [0.15, 0.2) is 8.57 Å². The summed E-state index contributed by atoms with van der Waals surface area (Å²) in [5.41, 5.74) is 1.92. The van der Waals surface area contributed by atoms with E-state index in [9.17, 15) is 4.79 Å². The molecule has 1 aliphatic heterocycles. The quantitative estimate of drug-likeness (QED) is 0.525. The maximum Gasteiger partial charge on any atom is 0.271 e. The molecule has 1 aromatic carbocycles. The van der Waals surface area contributed by atoms with Crippen molar-refractivity contribution in [3.05, 3.63) is 70.1 Å². The molecule has 0 spiro atoms. The van der Waals surface area contributed by atoms with Crippen LogP contribution in [0.3, 0.4) is 0 Å². The molecule has 1 aliphatic rings. The Morgan fingerprint density at radius 3 is 2.92 bits per heavy atom. The van der Waals surface area contributed by atoms with E-state index < -0.39 is 0 Å². The van der Waals surface area contributed by atoms with Crippen molar-refractivity contribution in [3.63, 3.8) is 0 Å². The summed E-state index contributed by atoms with van der Waals surface area (Å²) in [6.45, 7) is 2.92. The second-order valence-corrected chi connectivity index (χ2v) is 8.16. The Bertz CT molecular complexity index is 1130. The first-order valence-electron chi connectivity index (χ1n) is 7.53. The number of rotatable bonds is 2. The summed E-state index contributed by atoms with van der Waals surface area (Å²) in [4.78, 5) is 20.0. The minimum absolute atomic E-state index is 0.0573. The second-order valence-electron chi connectivity index (χ2n) is 5.68. The van der Waals surface area contributed by atoms with Crippen LogP contribution in [0.1, 0.15) is 11.3 Å². The van der Waals surface area contributed by atoms with E-state index in [4.69, 9.17) is 16.0 Å². The third kappa shape index (κ3) is 3.28. The average molecular weight is 486 g/mol. The standard InChI is InChI=1S/C17H13ClIN3O2S/c1-10-2-3-11(6-13(10)18)21-8-20-17-22(9-21)16(23)14(25-17)7-12-4-5-15(19)24-12/h2-7H,8-9H2,1H3/b14-7-. The highest BCUT2D eigenvalue weighted by Gasteiger charge is 2.16. The van der Waals surface area contributed by atoms with E-state index in [1.807, 2.05) is 42.2 Å². The van der Waals surface area contributed by atoms with Crippen LogP contribution in [0.25, 0.3) is 6.08 Å². The lowest BCUT2D eigenvalue weighted by molar-refractivity contribution is 0.528. The molecule has 0 bridgehead atoms. The summed E-state index contributed by atoms with van der Waals surface area (Å²) >= 11 is 9.70. The van der Waals surface area contributed by atoms with Crippen LogP contribution in [0.15, 0.2) is 44.5 Å². The highest BCUT2D eigenvalue weighted by atomic mass is 127. The maximum absolute atomic E-state index is 12.7. The van der Waals surface area contributed by atoms with Crippen LogP contribution in [0.2, 0.25) is 5.02 Å². The van der Waals surface area contributed by atoms with Crippen LogP contribution in [0, 0.1) is 10.7 Å². The molecule has 0 aliphatic carbocycles. The molecule has 0 unspecified atom stereocenters. The zero-order chi connectivity index (χ0) is 17.6. The van der Waals surface area contributed by atoms with Gasteiger partial charge in [-0.2, -0.15) is 0 Å². The summed E-state index contributed by atoms with van der Waals surface area (Å²) in [6, 6.07) is 9.60. The lowest BCUT2D eigenvalue weighted by Gasteiger charge is -2.26. The second kappa shape index (κ2) is 6.62. The van der Waals surface area contributed by atoms with Crippen LogP contribution >= 0.6 is 45.5 Å². The van der Waals surface area contributed by atoms with Gasteiger partial charge in [-0.05, 0) is 59.3 Å². The fourth-order valence-corrected chi connectivity index (χ4v) is 4.14. The zero-order valence-corrected chi connectivity index (χ0v) is 16.9. The van der Waals surface area contributed by atoms with E-state index in [1.54, 1.807) is 10.6 Å². The van der Waals surface area contributed by atoms with Crippen molar-refractivity contribution >= 4 is 57.3 Å². The lowest BCUT2D eigenvalue weighted by atomic mass is 10.2. The van der Waals surface area contributed by atoms with Gasteiger partial charge in [-0.1, -0.05) is 29.0 Å². The van der Waals surface area contributed by atoms with Crippen molar-refractivity contribution < 1.29 is 4.42 Å². The van der Waals surface area contributed by atoms with E-state index >= 15 is 0 Å². The van der Waals surface area contributed by atoms with Crippen LogP contribution in [0.5, 0.6) is 0 Å². The van der Waals surface area contributed by atoms with Gasteiger partial charge in [0.1, 0.15) is 19.1 Å². The number of aromatic nitrogens is 1. The topological polar surface area (TPSA) is 50.7 Å². The van der Waals surface area contributed by atoms with Crippen molar-refractivity contribution in [3.8, 4) is 0 Å². The monoisotopic (exact) mass is 485 g/mol. The van der Waals surface area contributed by atoms with Gasteiger partial charge in [-0.25, -0.2) is 4.99 Å². The Hall–Kier alpha value is -1.58. The Morgan fingerprint density at radius 1 is 1.36 bits per heavy atom. The molecule has 2 aromatic heterocycles. The predicted octanol–water partition coefficient (Wildman–Crippen LogP) is 2.95. The number of nitrogens with zero attached hydrogens (tertiary/aromatic N) is 3. The molecule has 0 saturated heterocycles. The molecule has 0 amide bonds. The van der Waals surface area contributed by atoms with E-state index in [1.165, 1.54) is 11.3 Å². The molecule has 25 heavy (non-hydrogen) atoms. The molecule has 3 heterocycles. The van der Waals surface area contributed by atoms with Crippen molar-refractivity contribution in [2.75, 3.05) is 11.6 Å². The summed E-state index contributed by atoms with van der Waals surface area (Å²) in [5, 5.41) is 0.711. The van der Waals surface area contributed by atoms with Gasteiger partial charge in [0.25, 0.3) is 5.56 Å². The number of aryl methyl sites for hydroxylation is 1. The molecular formula is C17H13ClIN3O2S. The fraction of sp³-hybridized carbons (Fsp3) is 0.176. The molecule has 0 atom stereocenters. The highest BCUT2D eigenvalue weighted by Crippen LogP contribution is 2.23. The van der Waals surface area contributed by atoms with Gasteiger partial charge in [-0.15, -0.1) is 0 Å². The van der Waals surface area contributed by atoms with Crippen molar-refractivity contribution in [1.29, 1.82) is 0 Å². The van der Waals surface area contributed by atoms with E-state index in [-0.39, 0.29) is 5.56 Å². The number of halogens is 2. The summed E-state index contributed by atoms with van der Waals surface area (Å²) < 4.78 is 8.61. The Morgan fingerprint density at radius 2 is 2.20 bits per heavy atom. The minimum Gasteiger partial charge on any atom is -0.451 e. The number of hydrogen-bond acceptors (Lipinski definition) is 5. The first-order chi connectivity index (χ1) is 12.0. The molecule has 0 saturated carbocycles. The maximum atomic E-state index is 12.7. The van der Waals surface area contributed by atoms with Crippen molar-refractivity contribution in [2.24, 2.45) is 4.99 Å². The third-order valence-corrected chi connectivity index (χ3v) is 6.00. The first-order valence-corrected chi connectivity index (χ1v) is 9.81. The molecule has 0 fully saturated rings. The average Bonchev–Trinajstić information content (AvgIpc) is 3.14. The van der Waals surface area contributed by atoms with Crippen LogP contribution in [-0.2, 0) is 6.67 Å². The number of furan rings is 1. The SMILES string of the molecule is Cc1ccc(N2CN=c3s/c(=C\c4ccc(I)o4)c(=O)n3C2)cc1Cl. The van der Waals surface area contributed by atoms with Gasteiger partial charge < -0.3 is 9.32 Å². The number of anilines is 1. The minimum atomic E-state index is -0.0573. The van der Waals surface area contributed by atoms with Gasteiger partial charge in [0, 0.05) is 16.8 Å². The molecule has 5 nitrogen and oxygen atoms in total. The van der Waals surface area contributed by atoms with E-state index in [2.05, 4.69) is 27.6 Å². The fourth-order valence-electron chi connectivity index (χ4n) is 2.59. The van der Waals surface area contributed by atoms with Gasteiger partial charge in [0.2, 0.25) is 0 Å². The highest BCUT2D eigenvalue weighted by molar-refractivity contribution is 14.1. The Labute approximate surface area is 166 Å². The molecule has 4 rings (SSSR count). The first kappa shape index (κ1) is 16.9. The number of hydrogen-bond donors (Lipinski definition) is 0. The van der Waals surface area contributed by atoms with E-state index in [0.717, 1.165) is 19.8 Å². The van der Waals surface area contributed by atoms with Gasteiger partial charge >= 0.3 is 0 Å². The van der Waals surface area contributed by atoms with Crippen LogP contribution < -0.4 is 19.8 Å². The normalized spacial score (nSPS) is 14.5. The zero-order valence-electron chi connectivity index (χ0n) is 13.2. The molecule has 8 heteroatoms. The number of fused-ring (bicyclic) bond motifs is 1. The largest absolute Gasteiger partial charge is 0.451 e. The van der Waals surface area contributed by atoms with Crippen molar-refractivity contribution in [2.45, 2.75) is 13.6 Å². The number of benzene rings is 1. The van der Waals surface area contributed by atoms with Crippen molar-refractivity contribution in [1.82, 2.24) is 4.57 Å². The predicted molar refractivity (Wildman–Crippen MR) is 108 cm³/mol. The molecule has 0 N–H and O–H groups in total. The summed E-state index contributed by atoms with van der Waals surface area (Å²) in [5.74, 6) is 0.669. The summed E-state index contributed by atoms with van der Waals surface area (Å²) in [7, 11) is 0. The lowest BCUT2D eigenvalue weighted by Crippen LogP contribution is -2.42. The Kier molecular flexibility index (Phi) is 4.47. The molecule has 0 radical (unpaired) electrons. The molecule has 3 aromatic rings. The summed E-state index contributed by atoms with van der Waals surface area (Å²) in [6.07, 6.45) is 1.77. The Balaban J connectivity index is 1.71. The van der Waals surface area contributed by atoms with Gasteiger partial charge in [0.05, 0.1) is 4.53 Å². The van der Waals surface area contributed by atoms with E-state index in [0.29, 0.717) is 28.7 Å². The van der Waals surface area contributed by atoms with Crippen LogP contribution in [0.4, 0.5) is 5.69 Å². The van der Waals surface area contributed by atoms with Gasteiger partial charge in [-0.3, -0.25) is 9.36 Å². The molecule has 128 valence electrons.